The number of hydrogen-bond acceptors (Lipinski definition) is 2. The van der Waals surface area contributed by atoms with Gasteiger partial charge in [-0.15, -0.1) is 0 Å². The van der Waals surface area contributed by atoms with Gasteiger partial charge >= 0.3 is 0 Å². The van der Waals surface area contributed by atoms with E-state index in [0.717, 1.165) is 12.6 Å². The van der Waals surface area contributed by atoms with Gasteiger partial charge in [-0.25, -0.2) is 0 Å². The summed E-state index contributed by atoms with van der Waals surface area (Å²) >= 11 is 0. The Kier molecular flexibility index (Phi) is 2.85. The molecule has 1 saturated carbocycles. The van der Waals surface area contributed by atoms with Gasteiger partial charge in [-0.3, -0.25) is 0 Å². The molecular formula is C12H23NO. The molecule has 2 heteroatoms. The summed E-state index contributed by atoms with van der Waals surface area (Å²) < 4.78 is 5.55. The maximum absolute atomic E-state index is 5.55. The Morgan fingerprint density at radius 3 is 2.57 bits per heavy atom. The fourth-order valence-electron chi connectivity index (χ4n) is 2.61. The summed E-state index contributed by atoms with van der Waals surface area (Å²) in [7, 11) is 0. The van der Waals surface area contributed by atoms with Crippen LogP contribution in [0.2, 0.25) is 0 Å². The van der Waals surface area contributed by atoms with Gasteiger partial charge in [0.15, 0.2) is 0 Å². The molecule has 2 rings (SSSR count). The molecule has 0 bridgehead atoms. The summed E-state index contributed by atoms with van der Waals surface area (Å²) in [6.07, 6.45) is 5.57. The average Bonchev–Trinajstić information content (AvgIpc) is 2.13. The Bertz CT molecular complexity index is 202. The minimum absolute atomic E-state index is 0.449. The third-order valence-corrected chi connectivity index (χ3v) is 3.94. The van der Waals surface area contributed by atoms with E-state index in [1.54, 1.807) is 0 Å². The first-order chi connectivity index (χ1) is 6.58. The van der Waals surface area contributed by atoms with Gasteiger partial charge < -0.3 is 10.1 Å². The van der Waals surface area contributed by atoms with E-state index in [0.29, 0.717) is 17.6 Å². The molecule has 1 heterocycles. The molecule has 0 aromatic rings. The van der Waals surface area contributed by atoms with Gasteiger partial charge in [-0.05, 0) is 38.0 Å². The maximum Gasteiger partial charge on any atom is 0.0561 e. The zero-order valence-corrected chi connectivity index (χ0v) is 9.68. The molecule has 3 atom stereocenters. The molecule has 3 unspecified atom stereocenters. The third kappa shape index (κ3) is 2.12. The third-order valence-electron chi connectivity index (χ3n) is 3.94. The SMILES string of the molecule is CC1CC(NC2CCC2(C)C)CCO1. The normalized spacial score (nSPS) is 41.8. The van der Waals surface area contributed by atoms with Gasteiger partial charge in [0.05, 0.1) is 6.10 Å². The summed E-state index contributed by atoms with van der Waals surface area (Å²) in [5.41, 5.74) is 0.529. The summed E-state index contributed by atoms with van der Waals surface area (Å²) in [5, 5.41) is 3.80. The fourth-order valence-corrected chi connectivity index (χ4v) is 2.61. The van der Waals surface area contributed by atoms with Crippen LogP contribution >= 0.6 is 0 Å². The van der Waals surface area contributed by atoms with Crippen molar-refractivity contribution < 1.29 is 4.74 Å². The lowest BCUT2D eigenvalue weighted by atomic mass is 9.67. The van der Waals surface area contributed by atoms with Gasteiger partial charge in [0.2, 0.25) is 0 Å². The van der Waals surface area contributed by atoms with Crippen LogP contribution in [0.3, 0.4) is 0 Å². The van der Waals surface area contributed by atoms with E-state index < -0.39 is 0 Å². The highest BCUT2D eigenvalue weighted by Gasteiger charge is 2.39. The van der Waals surface area contributed by atoms with Crippen molar-refractivity contribution in [2.45, 2.75) is 64.6 Å². The predicted octanol–water partition coefficient (Wildman–Crippen LogP) is 2.33. The minimum atomic E-state index is 0.449. The van der Waals surface area contributed by atoms with Crippen LogP contribution < -0.4 is 5.32 Å². The number of ether oxygens (including phenoxy) is 1. The van der Waals surface area contributed by atoms with E-state index in [9.17, 15) is 0 Å². The number of hydrogen-bond donors (Lipinski definition) is 1. The first kappa shape index (κ1) is 10.4. The number of rotatable bonds is 2. The lowest BCUT2D eigenvalue weighted by molar-refractivity contribution is -0.00143. The van der Waals surface area contributed by atoms with Crippen molar-refractivity contribution in [3.05, 3.63) is 0 Å². The predicted molar refractivity (Wildman–Crippen MR) is 58.4 cm³/mol. The van der Waals surface area contributed by atoms with Gasteiger partial charge in [0, 0.05) is 18.7 Å². The second kappa shape index (κ2) is 3.82. The first-order valence-electron chi connectivity index (χ1n) is 5.95. The zero-order chi connectivity index (χ0) is 10.2. The summed E-state index contributed by atoms with van der Waals surface area (Å²) in [6, 6.07) is 1.45. The van der Waals surface area contributed by atoms with E-state index in [1.807, 2.05) is 0 Å². The molecule has 0 aromatic carbocycles. The van der Waals surface area contributed by atoms with Crippen LogP contribution in [0.15, 0.2) is 0 Å². The van der Waals surface area contributed by atoms with Crippen LogP contribution in [0.25, 0.3) is 0 Å². The highest BCUT2D eigenvalue weighted by Crippen LogP contribution is 2.40. The summed E-state index contributed by atoms with van der Waals surface area (Å²) in [6.45, 7) is 7.86. The summed E-state index contributed by atoms with van der Waals surface area (Å²) in [4.78, 5) is 0. The van der Waals surface area contributed by atoms with E-state index in [1.165, 1.54) is 25.7 Å². The van der Waals surface area contributed by atoms with Crippen LogP contribution in [-0.4, -0.2) is 24.8 Å². The molecule has 0 aromatic heterocycles. The van der Waals surface area contributed by atoms with Crippen molar-refractivity contribution in [3.8, 4) is 0 Å². The quantitative estimate of drug-likeness (QED) is 0.733. The fraction of sp³-hybridized carbons (Fsp3) is 1.00. The van der Waals surface area contributed by atoms with E-state index in [-0.39, 0.29) is 0 Å². The Labute approximate surface area is 87.4 Å². The highest BCUT2D eigenvalue weighted by atomic mass is 16.5. The van der Waals surface area contributed by atoms with E-state index in [4.69, 9.17) is 4.74 Å². The molecule has 0 spiro atoms. The van der Waals surface area contributed by atoms with Crippen molar-refractivity contribution in [2.75, 3.05) is 6.61 Å². The van der Waals surface area contributed by atoms with Crippen molar-refractivity contribution in [1.82, 2.24) is 5.32 Å². The molecule has 82 valence electrons. The Balaban J connectivity index is 1.79. The van der Waals surface area contributed by atoms with Crippen molar-refractivity contribution in [2.24, 2.45) is 5.41 Å². The molecule has 2 aliphatic rings. The van der Waals surface area contributed by atoms with Crippen LogP contribution in [-0.2, 0) is 4.74 Å². The molecule has 14 heavy (non-hydrogen) atoms. The average molecular weight is 197 g/mol. The van der Waals surface area contributed by atoms with Crippen molar-refractivity contribution in [1.29, 1.82) is 0 Å². The Hall–Kier alpha value is -0.0800. The largest absolute Gasteiger partial charge is 0.378 e. The molecule has 0 radical (unpaired) electrons. The monoisotopic (exact) mass is 197 g/mol. The Morgan fingerprint density at radius 1 is 1.29 bits per heavy atom. The Morgan fingerprint density at radius 2 is 2.07 bits per heavy atom. The van der Waals surface area contributed by atoms with Crippen molar-refractivity contribution >= 4 is 0 Å². The molecule has 2 fully saturated rings. The van der Waals surface area contributed by atoms with Crippen LogP contribution in [0.4, 0.5) is 0 Å². The molecule has 1 aliphatic heterocycles. The number of nitrogens with one attached hydrogen (secondary N) is 1. The van der Waals surface area contributed by atoms with E-state index >= 15 is 0 Å². The highest BCUT2D eigenvalue weighted by molar-refractivity contribution is 4.96. The molecular weight excluding hydrogens is 174 g/mol. The maximum atomic E-state index is 5.55. The van der Waals surface area contributed by atoms with Crippen LogP contribution in [0, 0.1) is 5.41 Å². The smallest absolute Gasteiger partial charge is 0.0561 e. The summed E-state index contributed by atoms with van der Waals surface area (Å²) in [5.74, 6) is 0. The minimum Gasteiger partial charge on any atom is -0.378 e. The zero-order valence-electron chi connectivity index (χ0n) is 9.68. The topological polar surface area (TPSA) is 21.3 Å². The van der Waals surface area contributed by atoms with E-state index in [2.05, 4.69) is 26.1 Å². The van der Waals surface area contributed by atoms with Gasteiger partial charge in [-0.1, -0.05) is 13.8 Å². The molecule has 1 aliphatic carbocycles. The van der Waals surface area contributed by atoms with Gasteiger partial charge in [-0.2, -0.15) is 0 Å². The lowest BCUT2D eigenvalue weighted by Crippen LogP contribution is -2.55. The van der Waals surface area contributed by atoms with Gasteiger partial charge in [0.1, 0.15) is 0 Å². The van der Waals surface area contributed by atoms with Crippen molar-refractivity contribution in [3.63, 3.8) is 0 Å². The first-order valence-corrected chi connectivity index (χ1v) is 5.95. The van der Waals surface area contributed by atoms with Crippen LogP contribution in [0.5, 0.6) is 0 Å². The lowest BCUT2D eigenvalue weighted by Gasteiger charge is -2.47. The molecule has 1 N–H and O–H groups in total. The molecule has 1 saturated heterocycles. The molecule has 2 nitrogen and oxygen atoms in total. The second-order valence-electron chi connectivity index (χ2n) is 5.65. The standard InChI is InChI=1S/C12H23NO/c1-9-8-10(5-7-14-9)13-11-4-6-12(11,2)3/h9-11,13H,4-8H2,1-3H3. The second-order valence-corrected chi connectivity index (χ2v) is 5.65. The molecule has 0 amide bonds. The van der Waals surface area contributed by atoms with Crippen LogP contribution in [0.1, 0.15) is 46.5 Å². The van der Waals surface area contributed by atoms with Gasteiger partial charge in [0.25, 0.3) is 0 Å².